The van der Waals surface area contributed by atoms with Crippen molar-refractivity contribution in [2.75, 3.05) is 30.4 Å². The van der Waals surface area contributed by atoms with Crippen molar-refractivity contribution in [1.29, 1.82) is 0 Å². The molecule has 0 atom stereocenters. The van der Waals surface area contributed by atoms with Gasteiger partial charge in [0.05, 0.1) is 0 Å². The average Bonchev–Trinajstić information content (AvgIpc) is 2.57. The molecule has 0 fully saturated rings. The van der Waals surface area contributed by atoms with Gasteiger partial charge in [-0.2, -0.15) is 0 Å². The number of benzene rings is 2. The molecular formula is C21H23F3N2O3. The van der Waals surface area contributed by atoms with Crippen LogP contribution in [0.15, 0.2) is 36.4 Å². The second-order valence-electron chi connectivity index (χ2n) is 7.64. The van der Waals surface area contributed by atoms with E-state index < -0.39 is 47.0 Å². The van der Waals surface area contributed by atoms with Crippen molar-refractivity contribution in [2.24, 2.45) is 0 Å². The van der Waals surface area contributed by atoms with Gasteiger partial charge in [0.1, 0.15) is 35.2 Å². The lowest BCUT2D eigenvalue weighted by molar-refractivity contribution is -0.152. The normalized spacial score (nSPS) is 11.2. The highest BCUT2D eigenvalue weighted by Gasteiger charge is 2.29. The van der Waals surface area contributed by atoms with E-state index in [4.69, 9.17) is 4.74 Å². The molecule has 0 saturated carbocycles. The SMILES string of the molecule is CN(C)c1cccc(N(CC(=O)OC(C)(C)C)C(=O)c2c(F)cc(F)cc2F)c1. The van der Waals surface area contributed by atoms with E-state index in [1.54, 1.807) is 58.0 Å². The number of anilines is 2. The monoisotopic (exact) mass is 408 g/mol. The van der Waals surface area contributed by atoms with E-state index in [1.165, 1.54) is 6.07 Å². The van der Waals surface area contributed by atoms with Crippen molar-refractivity contribution < 1.29 is 27.5 Å². The zero-order chi connectivity index (χ0) is 21.9. The molecule has 0 unspecified atom stereocenters. The van der Waals surface area contributed by atoms with E-state index in [9.17, 15) is 22.8 Å². The molecule has 1 amide bonds. The number of carbonyl (C=O) groups excluding carboxylic acids is 2. The molecule has 0 spiro atoms. The number of amides is 1. The third-order valence-electron chi connectivity index (χ3n) is 3.83. The fraction of sp³-hybridized carbons (Fsp3) is 0.333. The summed E-state index contributed by atoms with van der Waals surface area (Å²) in [5.74, 6) is -5.74. The molecule has 0 aliphatic carbocycles. The van der Waals surface area contributed by atoms with Gasteiger partial charge in [-0.05, 0) is 39.0 Å². The summed E-state index contributed by atoms with van der Waals surface area (Å²) in [4.78, 5) is 28.0. The molecule has 2 aromatic rings. The Labute approximate surface area is 167 Å². The number of nitrogens with zero attached hydrogens (tertiary/aromatic N) is 2. The standard InChI is InChI=1S/C21H23F3N2O3/c1-21(2,3)29-18(27)12-26(15-8-6-7-14(11-15)25(4)5)20(28)19-16(23)9-13(22)10-17(19)24/h6-11H,12H2,1-5H3. The minimum Gasteiger partial charge on any atom is -0.459 e. The lowest BCUT2D eigenvalue weighted by atomic mass is 10.1. The van der Waals surface area contributed by atoms with Crippen molar-refractivity contribution >= 4 is 23.3 Å². The fourth-order valence-corrected chi connectivity index (χ4v) is 2.60. The van der Waals surface area contributed by atoms with Crippen molar-refractivity contribution in [3.05, 3.63) is 59.4 Å². The molecule has 0 heterocycles. The van der Waals surface area contributed by atoms with Gasteiger partial charge in [-0.3, -0.25) is 14.5 Å². The Morgan fingerprint density at radius 3 is 2.03 bits per heavy atom. The number of hydrogen-bond donors (Lipinski definition) is 0. The van der Waals surface area contributed by atoms with Crippen LogP contribution in [-0.4, -0.2) is 38.1 Å². The lowest BCUT2D eigenvalue weighted by Gasteiger charge is -2.26. The predicted molar refractivity (Wildman–Crippen MR) is 105 cm³/mol. The van der Waals surface area contributed by atoms with Gasteiger partial charge in [0.2, 0.25) is 0 Å². The van der Waals surface area contributed by atoms with Crippen molar-refractivity contribution in [3.63, 3.8) is 0 Å². The minimum atomic E-state index is -1.36. The van der Waals surface area contributed by atoms with Crippen LogP contribution in [0, 0.1) is 17.5 Å². The molecule has 0 saturated heterocycles. The van der Waals surface area contributed by atoms with Gasteiger partial charge in [0.15, 0.2) is 0 Å². The van der Waals surface area contributed by atoms with Crippen LogP contribution >= 0.6 is 0 Å². The quantitative estimate of drug-likeness (QED) is 0.698. The van der Waals surface area contributed by atoms with E-state index in [0.29, 0.717) is 17.8 Å². The summed E-state index contributed by atoms with van der Waals surface area (Å²) >= 11 is 0. The zero-order valence-corrected chi connectivity index (χ0v) is 16.9. The van der Waals surface area contributed by atoms with E-state index in [0.717, 1.165) is 4.90 Å². The molecular weight excluding hydrogens is 385 g/mol. The van der Waals surface area contributed by atoms with Gasteiger partial charge in [0, 0.05) is 37.6 Å². The average molecular weight is 408 g/mol. The third-order valence-corrected chi connectivity index (χ3v) is 3.83. The summed E-state index contributed by atoms with van der Waals surface area (Å²) in [6.45, 7) is 4.39. The van der Waals surface area contributed by atoms with E-state index in [-0.39, 0.29) is 5.69 Å². The summed E-state index contributed by atoms with van der Waals surface area (Å²) in [6, 6.07) is 7.34. The highest BCUT2D eigenvalue weighted by atomic mass is 19.1. The molecule has 0 aromatic heterocycles. The van der Waals surface area contributed by atoms with Gasteiger partial charge in [-0.15, -0.1) is 0 Å². The Balaban J connectivity index is 2.51. The largest absolute Gasteiger partial charge is 0.459 e. The number of ether oxygens (including phenoxy) is 1. The molecule has 5 nitrogen and oxygen atoms in total. The number of esters is 1. The molecule has 0 aliphatic rings. The molecule has 0 bridgehead atoms. The number of hydrogen-bond acceptors (Lipinski definition) is 4. The maximum atomic E-state index is 14.2. The van der Waals surface area contributed by atoms with Crippen LogP contribution < -0.4 is 9.80 Å². The zero-order valence-electron chi connectivity index (χ0n) is 16.9. The number of halogens is 3. The Kier molecular flexibility index (Phi) is 6.56. The van der Waals surface area contributed by atoms with Crippen LogP contribution in [0.5, 0.6) is 0 Å². The van der Waals surface area contributed by atoms with Crippen LogP contribution in [-0.2, 0) is 9.53 Å². The van der Waals surface area contributed by atoms with Gasteiger partial charge in [-0.1, -0.05) is 6.07 Å². The smallest absolute Gasteiger partial charge is 0.326 e. The third kappa shape index (κ3) is 5.73. The maximum absolute atomic E-state index is 14.2. The second kappa shape index (κ2) is 8.55. The Bertz CT molecular complexity index is 901. The highest BCUT2D eigenvalue weighted by Crippen LogP contribution is 2.25. The molecule has 8 heteroatoms. The first-order valence-electron chi connectivity index (χ1n) is 8.84. The van der Waals surface area contributed by atoms with Crippen LogP contribution in [0.1, 0.15) is 31.1 Å². The first-order chi connectivity index (χ1) is 13.4. The van der Waals surface area contributed by atoms with Gasteiger partial charge in [-0.25, -0.2) is 13.2 Å². The first kappa shape index (κ1) is 22.3. The highest BCUT2D eigenvalue weighted by molar-refractivity contribution is 6.08. The van der Waals surface area contributed by atoms with E-state index >= 15 is 0 Å². The topological polar surface area (TPSA) is 49.9 Å². The van der Waals surface area contributed by atoms with Gasteiger partial charge < -0.3 is 9.64 Å². The van der Waals surface area contributed by atoms with Gasteiger partial charge in [0.25, 0.3) is 5.91 Å². The first-order valence-corrected chi connectivity index (χ1v) is 8.84. The van der Waals surface area contributed by atoms with Crippen LogP contribution in [0.2, 0.25) is 0 Å². The van der Waals surface area contributed by atoms with Crippen LogP contribution in [0.3, 0.4) is 0 Å². The van der Waals surface area contributed by atoms with E-state index in [1.807, 2.05) is 0 Å². The fourth-order valence-electron chi connectivity index (χ4n) is 2.60. The minimum absolute atomic E-state index is 0.232. The lowest BCUT2D eigenvalue weighted by Crippen LogP contribution is -2.39. The molecule has 2 rings (SSSR count). The number of rotatable bonds is 5. The predicted octanol–water partition coefficient (Wildman–Crippen LogP) is 4.16. The maximum Gasteiger partial charge on any atom is 0.326 e. The van der Waals surface area contributed by atoms with Gasteiger partial charge >= 0.3 is 5.97 Å². The summed E-state index contributed by atoms with van der Waals surface area (Å²) in [7, 11) is 3.55. The number of carbonyl (C=O) groups is 2. The summed E-state index contributed by atoms with van der Waals surface area (Å²) < 4.78 is 46.9. The van der Waals surface area contributed by atoms with E-state index in [2.05, 4.69) is 0 Å². The van der Waals surface area contributed by atoms with Crippen molar-refractivity contribution in [2.45, 2.75) is 26.4 Å². The molecule has 29 heavy (non-hydrogen) atoms. The molecule has 156 valence electrons. The van der Waals surface area contributed by atoms with Crippen molar-refractivity contribution in [3.8, 4) is 0 Å². The summed E-state index contributed by atoms with van der Waals surface area (Å²) in [5, 5.41) is 0. The molecule has 2 aromatic carbocycles. The second-order valence-corrected chi connectivity index (χ2v) is 7.64. The molecule has 0 radical (unpaired) electrons. The summed E-state index contributed by atoms with van der Waals surface area (Å²) in [5.41, 5.74) is -0.839. The summed E-state index contributed by atoms with van der Waals surface area (Å²) in [6.07, 6.45) is 0. The van der Waals surface area contributed by atoms with Crippen molar-refractivity contribution in [1.82, 2.24) is 0 Å². The Morgan fingerprint density at radius 1 is 0.966 bits per heavy atom. The Morgan fingerprint density at radius 2 is 1.52 bits per heavy atom. The van der Waals surface area contributed by atoms with Crippen LogP contribution in [0.25, 0.3) is 0 Å². The Hall–Kier alpha value is -3.03. The molecule has 0 aliphatic heterocycles. The van der Waals surface area contributed by atoms with Crippen LogP contribution in [0.4, 0.5) is 24.5 Å². The molecule has 0 N–H and O–H groups in total.